The van der Waals surface area contributed by atoms with E-state index in [4.69, 9.17) is 0 Å². The van der Waals surface area contributed by atoms with E-state index in [-0.39, 0.29) is 0 Å². The van der Waals surface area contributed by atoms with Crippen molar-refractivity contribution in [1.29, 1.82) is 0 Å². The van der Waals surface area contributed by atoms with Crippen molar-refractivity contribution in [1.82, 2.24) is 9.71 Å². The lowest BCUT2D eigenvalue weighted by atomic mass is 9.97. The third-order valence-electron chi connectivity index (χ3n) is 2.93. The molecule has 0 saturated heterocycles. The van der Waals surface area contributed by atoms with Gasteiger partial charge in [-0.3, -0.25) is 4.98 Å². The van der Waals surface area contributed by atoms with Crippen LogP contribution in [0.3, 0.4) is 0 Å². The first-order valence-electron chi connectivity index (χ1n) is 6.30. The maximum Gasteiger partial charge on any atom is 0.209 e. The summed E-state index contributed by atoms with van der Waals surface area (Å²) in [6.07, 6.45) is 4.52. The molecule has 0 spiro atoms. The maximum atomic E-state index is 11.6. The second-order valence-electron chi connectivity index (χ2n) is 5.03. The van der Waals surface area contributed by atoms with Crippen molar-refractivity contribution in [2.24, 2.45) is 0 Å². The van der Waals surface area contributed by atoms with Gasteiger partial charge in [-0.05, 0) is 31.0 Å². The predicted molar refractivity (Wildman–Crippen MR) is 80.0 cm³/mol. The summed E-state index contributed by atoms with van der Waals surface area (Å²) >= 11 is 0. The highest BCUT2D eigenvalue weighted by molar-refractivity contribution is 7.88. The molecule has 0 bridgehead atoms. The first kappa shape index (κ1) is 14.7. The molecule has 1 N–H and O–H groups in total. The molecule has 1 aromatic carbocycles. The summed E-state index contributed by atoms with van der Waals surface area (Å²) in [6.45, 7) is 3.99. The van der Waals surface area contributed by atoms with Crippen LogP contribution in [0.1, 0.15) is 28.3 Å². The van der Waals surface area contributed by atoms with E-state index < -0.39 is 16.1 Å². The van der Waals surface area contributed by atoms with Crippen LogP contribution in [0.4, 0.5) is 0 Å². The first-order valence-corrected chi connectivity index (χ1v) is 8.20. The van der Waals surface area contributed by atoms with E-state index in [9.17, 15) is 8.42 Å². The van der Waals surface area contributed by atoms with Gasteiger partial charge in [0, 0.05) is 12.4 Å². The fourth-order valence-electron chi connectivity index (χ4n) is 2.27. The normalized spacial score (nSPS) is 13.2. The van der Waals surface area contributed by atoms with Crippen LogP contribution >= 0.6 is 0 Å². The average Bonchev–Trinajstić information content (AvgIpc) is 2.35. The van der Waals surface area contributed by atoms with Gasteiger partial charge in [-0.25, -0.2) is 13.1 Å². The molecule has 0 amide bonds. The molecule has 0 aliphatic rings. The fourth-order valence-corrected chi connectivity index (χ4v) is 2.97. The highest BCUT2D eigenvalue weighted by Gasteiger charge is 2.18. The molecule has 2 aromatic rings. The highest BCUT2D eigenvalue weighted by Crippen LogP contribution is 2.24. The van der Waals surface area contributed by atoms with Crippen molar-refractivity contribution in [3.8, 4) is 0 Å². The van der Waals surface area contributed by atoms with Gasteiger partial charge < -0.3 is 0 Å². The zero-order chi connectivity index (χ0) is 14.8. The van der Waals surface area contributed by atoms with Crippen molar-refractivity contribution in [3.05, 3.63) is 65.0 Å². The molecule has 1 aromatic heterocycles. The molecule has 1 heterocycles. The number of benzene rings is 1. The van der Waals surface area contributed by atoms with Gasteiger partial charge >= 0.3 is 0 Å². The third kappa shape index (κ3) is 3.88. The van der Waals surface area contributed by atoms with E-state index in [2.05, 4.69) is 15.8 Å². The summed E-state index contributed by atoms with van der Waals surface area (Å²) in [6, 6.07) is 9.29. The Hall–Kier alpha value is -1.72. The van der Waals surface area contributed by atoms with Gasteiger partial charge in [-0.15, -0.1) is 0 Å². The number of pyridine rings is 1. The minimum absolute atomic E-state index is 0.419. The van der Waals surface area contributed by atoms with E-state index in [1.165, 1.54) is 6.26 Å². The Morgan fingerprint density at radius 2 is 1.75 bits per heavy atom. The Bertz CT molecular complexity index is 677. The summed E-state index contributed by atoms with van der Waals surface area (Å²) in [5, 5.41) is 0. The zero-order valence-electron chi connectivity index (χ0n) is 11.8. The number of aromatic nitrogens is 1. The van der Waals surface area contributed by atoms with Crippen LogP contribution in [0.2, 0.25) is 0 Å². The molecule has 1 atom stereocenters. The quantitative estimate of drug-likeness (QED) is 0.940. The van der Waals surface area contributed by atoms with Crippen LogP contribution in [0.15, 0.2) is 42.7 Å². The summed E-state index contributed by atoms with van der Waals surface area (Å²) < 4.78 is 25.9. The predicted octanol–water partition coefficient (Wildman–Crippen LogP) is 2.34. The first-order chi connectivity index (χ1) is 9.35. The zero-order valence-corrected chi connectivity index (χ0v) is 12.6. The fraction of sp³-hybridized carbons (Fsp3) is 0.267. The molecule has 106 valence electrons. The molecule has 0 radical (unpaired) electrons. The molecular weight excluding hydrogens is 272 g/mol. The number of hydrogen-bond acceptors (Lipinski definition) is 3. The summed E-state index contributed by atoms with van der Waals surface area (Å²) in [7, 11) is -3.32. The second kappa shape index (κ2) is 5.73. The Morgan fingerprint density at radius 1 is 1.10 bits per heavy atom. The van der Waals surface area contributed by atoms with Gasteiger partial charge in [0.15, 0.2) is 0 Å². The van der Waals surface area contributed by atoms with Crippen molar-refractivity contribution >= 4 is 10.0 Å². The lowest BCUT2D eigenvalue weighted by Gasteiger charge is -2.19. The lowest BCUT2D eigenvalue weighted by Crippen LogP contribution is -2.28. The van der Waals surface area contributed by atoms with Gasteiger partial charge in [0.1, 0.15) is 0 Å². The van der Waals surface area contributed by atoms with Crippen LogP contribution < -0.4 is 4.72 Å². The van der Waals surface area contributed by atoms with Crippen molar-refractivity contribution in [2.45, 2.75) is 19.9 Å². The molecule has 4 nitrogen and oxygen atoms in total. The van der Waals surface area contributed by atoms with Gasteiger partial charge in [0.05, 0.1) is 12.3 Å². The average molecular weight is 290 g/mol. The molecular formula is C15H18N2O2S. The molecule has 2 rings (SSSR count). The van der Waals surface area contributed by atoms with Gasteiger partial charge in [-0.1, -0.05) is 35.4 Å². The summed E-state index contributed by atoms with van der Waals surface area (Å²) in [5.74, 6) is 0. The van der Waals surface area contributed by atoms with Crippen LogP contribution in [0, 0.1) is 13.8 Å². The molecule has 0 aliphatic carbocycles. The van der Waals surface area contributed by atoms with Crippen LogP contribution in [0.5, 0.6) is 0 Å². The van der Waals surface area contributed by atoms with Gasteiger partial charge in [-0.2, -0.15) is 0 Å². The van der Waals surface area contributed by atoms with Crippen LogP contribution in [-0.4, -0.2) is 19.7 Å². The highest BCUT2D eigenvalue weighted by atomic mass is 32.2. The minimum Gasteiger partial charge on any atom is -0.264 e. The number of sulfonamides is 1. The molecule has 0 saturated carbocycles. The van der Waals surface area contributed by atoms with Crippen LogP contribution in [0.25, 0.3) is 0 Å². The number of nitrogens with one attached hydrogen (secondary N) is 1. The number of aryl methyl sites for hydroxylation is 2. The van der Waals surface area contributed by atoms with Crippen LogP contribution in [-0.2, 0) is 10.0 Å². The largest absolute Gasteiger partial charge is 0.264 e. The van der Waals surface area contributed by atoms with E-state index in [0.29, 0.717) is 0 Å². The monoisotopic (exact) mass is 290 g/mol. The molecule has 0 aliphatic heterocycles. The summed E-state index contributed by atoms with van der Waals surface area (Å²) in [4.78, 5) is 4.07. The maximum absolute atomic E-state index is 11.6. The van der Waals surface area contributed by atoms with Crippen molar-refractivity contribution in [3.63, 3.8) is 0 Å². The Morgan fingerprint density at radius 3 is 2.25 bits per heavy atom. The Labute approximate surface area is 119 Å². The van der Waals surface area contributed by atoms with E-state index in [1.54, 1.807) is 18.5 Å². The lowest BCUT2D eigenvalue weighted by molar-refractivity contribution is 0.578. The molecule has 1 unspecified atom stereocenters. The summed E-state index contributed by atoms with van der Waals surface area (Å²) in [5.41, 5.74) is 3.94. The SMILES string of the molecule is Cc1cc(C)cc(C(NS(C)(=O)=O)c2cccnc2)c1. The molecule has 20 heavy (non-hydrogen) atoms. The smallest absolute Gasteiger partial charge is 0.209 e. The van der Waals surface area contributed by atoms with Crippen molar-refractivity contribution < 1.29 is 8.42 Å². The molecule has 0 fully saturated rings. The van der Waals surface area contributed by atoms with E-state index in [0.717, 1.165) is 22.3 Å². The Balaban J connectivity index is 2.51. The van der Waals surface area contributed by atoms with E-state index in [1.807, 2.05) is 32.0 Å². The number of hydrogen-bond donors (Lipinski definition) is 1. The van der Waals surface area contributed by atoms with Crippen molar-refractivity contribution in [2.75, 3.05) is 6.26 Å². The topological polar surface area (TPSA) is 59.1 Å². The standard InChI is InChI=1S/C15H18N2O2S/c1-11-7-12(2)9-14(8-11)15(17-20(3,18)19)13-5-4-6-16-10-13/h4-10,15,17H,1-3H3. The number of nitrogens with zero attached hydrogens (tertiary/aromatic N) is 1. The van der Waals surface area contributed by atoms with E-state index >= 15 is 0 Å². The Kier molecular flexibility index (Phi) is 4.20. The number of rotatable bonds is 4. The second-order valence-corrected chi connectivity index (χ2v) is 6.81. The van der Waals surface area contributed by atoms with Gasteiger partial charge in [0.2, 0.25) is 10.0 Å². The minimum atomic E-state index is -3.32. The van der Waals surface area contributed by atoms with Gasteiger partial charge in [0.25, 0.3) is 0 Å². The molecule has 5 heteroatoms. The third-order valence-corrected chi connectivity index (χ3v) is 3.59.